The van der Waals surface area contributed by atoms with E-state index >= 15 is 0 Å². The lowest BCUT2D eigenvalue weighted by Gasteiger charge is -2.32. The zero-order valence-electron chi connectivity index (χ0n) is 34.0. The molecule has 0 aromatic heterocycles. The molecule has 3 rings (SSSR count). The monoisotopic (exact) mass is 871 g/mol. The van der Waals surface area contributed by atoms with Gasteiger partial charge in [-0.1, -0.05) is 0 Å². The Labute approximate surface area is 351 Å². The van der Waals surface area contributed by atoms with E-state index < -0.39 is 115 Å². The van der Waals surface area contributed by atoms with Crippen LogP contribution >= 0.6 is 11.8 Å². The van der Waals surface area contributed by atoms with Gasteiger partial charge in [0.05, 0.1) is 25.4 Å². The van der Waals surface area contributed by atoms with Crippen LogP contribution in [0.4, 0.5) is 0 Å². The molecule has 3 fully saturated rings. The first-order valence-electron chi connectivity index (χ1n) is 20.0. The Bertz CT molecular complexity index is 1580. The molecular formula is C36H61N11O12S. The fourth-order valence-corrected chi connectivity index (χ4v) is 7.94. The topological polar surface area (TPSA) is 366 Å². The number of nitrogens with two attached hydrogens (primary N) is 3. The number of aliphatic hydroxyl groups is 3. The van der Waals surface area contributed by atoms with Crippen LogP contribution in [0, 0.1) is 0 Å². The van der Waals surface area contributed by atoms with Gasteiger partial charge in [-0.2, -0.15) is 11.8 Å². The molecule has 60 heavy (non-hydrogen) atoms. The maximum absolute atomic E-state index is 13.7. The number of hydrogen-bond acceptors (Lipinski definition) is 14. The molecule has 0 aliphatic carbocycles. The summed E-state index contributed by atoms with van der Waals surface area (Å²) in [7, 11) is 0. The van der Waals surface area contributed by atoms with Crippen LogP contribution in [0.2, 0.25) is 0 Å². The van der Waals surface area contributed by atoms with Crippen molar-refractivity contribution < 1.29 is 58.8 Å². The second-order valence-electron chi connectivity index (χ2n) is 15.0. The quantitative estimate of drug-likeness (QED) is 0.0275. The number of carbonyl (C=O) groups is 8. The van der Waals surface area contributed by atoms with Crippen molar-refractivity contribution >= 4 is 65.0 Å². The number of hydrogen-bond donors (Lipinski definition) is 11. The van der Waals surface area contributed by atoms with Crippen molar-refractivity contribution in [2.24, 2.45) is 22.2 Å². The van der Waals surface area contributed by atoms with Crippen molar-refractivity contribution in [2.75, 3.05) is 51.4 Å². The molecule has 0 unspecified atom stereocenters. The summed E-state index contributed by atoms with van der Waals surface area (Å²) in [6, 6.07) is -10.1. The van der Waals surface area contributed by atoms with Crippen LogP contribution in [-0.2, 0) is 38.4 Å². The summed E-state index contributed by atoms with van der Waals surface area (Å²) < 4.78 is 0. The zero-order chi connectivity index (χ0) is 44.7. The van der Waals surface area contributed by atoms with Gasteiger partial charge in [-0.05, 0) is 76.7 Å². The lowest BCUT2D eigenvalue weighted by Crippen LogP contribution is -2.61. The Morgan fingerprint density at radius 3 is 1.68 bits per heavy atom. The third-order valence-corrected chi connectivity index (χ3v) is 11.3. The van der Waals surface area contributed by atoms with Crippen molar-refractivity contribution in [1.29, 1.82) is 0 Å². The SMILES string of the molecule is CSCC[C@H](N)C(=O)N[C@@H](CCCN=C(N)N)C(=O)N[C@@H](CO)C(=O)N1CCC[C@H]1C(=O)N[C@@H](CO)C(=O)N1CCC[C@H]1C(=O)N[C@H](C(=O)N1CCC[C@H]1C(=O)O)[C@@H](C)O. The van der Waals surface area contributed by atoms with Gasteiger partial charge < -0.3 is 73.6 Å². The van der Waals surface area contributed by atoms with E-state index in [0.717, 1.165) is 14.7 Å². The Morgan fingerprint density at radius 1 is 0.717 bits per heavy atom. The number of guanidine groups is 1. The number of nitrogens with zero attached hydrogens (tertiary/aromatic N) is 4. The Hall–Kier alpha value is -4.78. The number of aliphatic hydroxyl groups excluding tert-OH is 3. The van der Waals surface area contributed by atoms with Crippen LogP contribution in [0.3, 0.4) is 0 Å². The molecule has 0 radical (unpaired) electrons. The molecule has 24 heteroatoms. The summed E-state index contributed by atoms with van der Waals surface area (Å²) in [5.41, 5.74) is 16.8. The number of carbonyl (C=O) groups excluding carboxylic acids is 7. The molecule has 0 bridgehead atoms. The van der Waals surface area contributed by atoms with E-state index in [1.165, 1.54) is 18.7 Å². The van der Waals surface area contributed by atoms with Crippen molar-refractivity contribution in [1.82, 2.24) is 36.0 Å². The van der Waals surface area contributed by atoms with Crippen molar-refractivity contribution in [2.45, 2.75) is 119 Å². The van der Waals surface area contributed by atoms with Crippen LogP contribution in [0.5, 0.6) is 0 Å². The summed E-state index contributed by atoms with van der Waals surface area (Å²) in [5, 5.41) is 50.3. The standard InChI is InChI=1S/C36H61N11O12S/c1-19(50)27(34(57)47-15-6-10-26(47)35(58)59)44-31(54)25-9-5-14-46(25)33(56)23(18-49)43-30(53)24-8-4-13-45(24)32(55)22(17-48)42-29(52)21(7-3-12-40-36(38)39)41-28(51)20(37)11-16-60-2/h19-27,48-50H,3-18,37H2,1-2H3,(H,41,51)(H,42,52)(H,43,53)(H,44,54)(H,58,59)(H4,38,39,40)/t19-,20+,21+,22+,23+,24+,25+,26+,27+/m1/s1. The van der Waals surface area contributed by atoms with Crippen LogP contribution in [-0.4, -0.2) is 194 Å². The molecule has 9 atom stereocenters. The predicted octanol–water partition coefficient (Wildman–Crippen LogP) is -5.52. The zero-order valence-corrected chi connectivity index (χ0v) is 34.8. The van der Waals surface area contributed by atoms with Gasteiger partial charge in [-0.15, -0.1) is 0 Å². The normalized spacial score (nSPS) is 21.8. The average molecular weight is 872 g/mol. The highest BCUT2D eigenvalue weighted by Gasteiger charge is 2.44. The van der Waals surface area contributed by atoms with E-state index in [0.29, 0.717) is 31.4 Å². The lowest BCUT2D eigenvalue weighted by molar-refractivity contribution is -0.151. The molecular weight excluding hydrogens is 811 g/mol. The van der Waals surface area contributed by atoms with Gasteiger partial charge in [-0.25, -0.2) is 4.79 Å². The number of carboxylic acid groups (broad SMARTS) is 1. The lowest BCUT2D eigenvalue weighted by atomic mass is 10.1. The van der Waals surface area contributed by atoms with E-state index in [1.807, 2.05) is 6.26 Å². The molecule has 3 aliphatic rings. The fourth-order valence-electron chi connectivity index (χ4n) is 7.45. The largest absolute Gasteiger partial charge is 0.480 e. The number of aliphatic imine (C=N–C) groups is 1. The Balaban J connectivity index is 1.68. The first-order valence-corrected chi connectivity index (χ1v) is 21.4. The van der Waals surface area contributed by atoms with Crippen LogP contribution in [0.15, 0.2) is 4.99 Å². The summed E-state index contributed by atoms with van der Waals surface area (Å²) in [5.74, 6) is -6.25. The van der Waals surface area contributed by atoms with E-state index in [2.05, 4.69) is 26.3 Å². The first kappa shape index (κ1) is 49.6. The number of amides is 7. The first-order chi connectivity index (χ1) is 28.5. The maximum atomic E-state index is 13.7. The summed E-state index contributed by atoms with van der Waals surface area (Å²) >= 11 is 1.49. The van der Waals surface area contributed by atoms with Crippen molar-refractivity contribution in [3.63, 3.8) is 0 Å². The molecule has 3 heterocycles. The van der Waals surface area contributed by atoms with Crippen molar-refractivity contribution in [3.05, 3.63) is 0 Å². The second kappa shape index (κ2) is 23.9. The third kappa shape index (κ3) is 13.4. The molecule has 23 nitrogen and oxygen atoms in total. The van der Waals surface area contributed by atoms with Gasteiger partial charge in [-0.3, -0.25) is 38.6 Å². The number of thioether (sulfide) groups is 1. The fraction of sp³-hybridized carbons (Fsp3) is 0.750. The van der Waals surface area contributed by atoms with Crippen LogP contribution in [0.25, 0.3) is 0 Å². The van der Waals surface area contributed by atoms with Gasteiger partial charge >= 0.3 is 5.97 Å². The maximum Gasteiger partial charge on any atom is 0.326 e. The van der Waals surface area contributed by atoms with E-state index in [-0.39, 0.29) is 64.2 Å². The Kier molecular flexibility index (Phi) is 19.7. The average Bonchev–Trinajstić information content (AvgIpc) is 4.02. The van der Waals surface area contributed by atoms with E-state index in [4.69, 9.17) is 17.2 Å². The minimum Gasteiger partial charge on any atom is -0.480 e. The molecule has 0 aromatic carbocycles. The van der Waals surface area contributed by atoms with E-state index in [1.54, 1.807) is 0 Å². The molecule has 14 N–H and O–H groups in total. The molecule has 338 valence electrons. The predicted molar refractivity (Wildman–Crippen MR) is 216 cm³/mol. The minimum atomic E-state index is -1.56. The molecule has 0 aromatic rings. The summed E-state index contributed by atoms with van der Waals surface area (Å²) in [6.07, 6.45) is 2.69. The highest BCUT2D eigenvalue weighted by Crippen LogP contribution is 2.23. The van der Waals surface area contributed by atoms with Crippen LogP contribution < -0.4 is 38.5 Å². The molecule has 3 saturated heterocycles. The van der Waals surface area contributed by atoms with Gasteiger partial charge in [0.1, 0.15) is 42.3 Å². The number of likely N-dealkylation sites (tertiary alicyclic amines) is 3. The third-order valence-electron chi connectivity index (χ3n) is 10.7. The Morgan fingerprint density at radius 2 is 1.20 bits per heavy atom. The number of aliphatic carboxylic acids is 1. The van der Waals surface area contributed by atoms with Crippen LogP contribution in [0.1, 0.15) is 64.7 Å². The molecule has 0 spiro atoms. The molecule has 0 saturated carbocycles. The highest BCUT2D eigenvalue weighted by atomic mass is 32.2. The summed E-state index contributed by atoms with van der Waals surface area (Å²) in [6.45, 7) is -0.135. The van der Waals surface area contributed by atoms with E-state index in [9.17, 15) is 58.8 Å². The molecule has 7 amide bonds. The smallest absolute Gasteiger partial charge is 0.326 e. The van der Waals surface area contributed by atoms with Gasteiger partial charge in [0.2, 0.25) is 41.4 Å². The van der Waals surface area contributed by atoms with Gasteiger partial charge in [0.25, 0.3) is 0 Å². The number of rotatable bonds is 22. The highest BCUT2D eigenvalue weighted by molar-refractivity contribution is 7.98. The molecule has 3 aliphatic heterocycles. The number of carboxylic acids is 1. The minimum absolute atomic E-state index is 0.0475. The van der Waals surface area contributed by atoms with Gasteiger partial charge in [0, 0.05) is 26.2 Å². The number of nitrogens with one attached hydrogen (secondary N) is 4. The summed E-state index contributed by atoms with van der Waals surface area (Å²) in [4.78, 5) is 113. The second-order valence-corrected chi connectivity index (χ2v) is 16.0. The van der Waals surface area contributed by atoms with Crippen molar-refractivity contribution in [3.8, 4) is 0 Å². The van der Waals surface area contributed by atoms with Gasteiger partial charge in [0.15, 0.2) is 5.96 Å².